The Labute approximate surface area is 95.3 Å². The van der Waals surface area contributed by atoms with Gasteiger partial charge < -0.3 is 0 Å². The molecule has 63 valence electrons. The van der Waals surface area contributed by atoms with E-state index >= 15 is 0 Å². The van der Waals surface area contributed by atoms with Crippen molar-refractivity contribution in [1.29, 1.82) is 0 Å². The minimum Gasteiger partial charge on any atom is -0.102 e. The summed E-state index contributed by atoms with van der Waals surface area (Å²) in [7, 11) is 0. The van der Waals surface area contributed by atoms with Crippen molar-refractivity contribution in [2.75, 3.05) is 0 Å². The highest BCUT2D eigenvalue weighted by atomic mass is 127. The lowest BCUT2D eigenvalue weighted by Gasteiger charge is -2.08. The molecular weight excluding hydrogens is 327 g/mol. The molecule has 0 heterocycles. The zero-order valence-electron chi connectivity index (χ0n) is 6.77. The molecule has 1 radical (unpaired) electrons. The predicted octanol–water partition coefficient (Wildman–Crippen LogP) is 4.18. The van der Waals surface area contributed by atoms with Gasteiger partial charge in [0.05, 0.1) is 0 Å². The molecule has 12 heavy (non-hydrogen) atoms. The Morgan fingerprint density at radius 1 is 1.58 bits per heavy atom. The topological polar surface area (TPSA) is 0 Å². The molecule has 0 bridgehead atoms. The molecule has 0 aliphatic carbocycles. The van der Waals surface area contributed by atoms with E-state index in [9.17, 15) is 0 Å². The van der Waals surface area contributed by atoms with Gasteiger partial charge in [-0.15, -0.1) is 6.58 Å². The van der Waals surface area contributed by atoms with Gasteiger partial charge in [0.2, 0.25) is 0 Å². The third-order valence-corrected chi connectivity index (χ3v) is 3.09. The van der Waals surface area contributed by atoms with Crippen LogP contribution in [0.15, 0.2) is 35.3 Å². The molecule has 1 aromatic carbocycles. The highest BCUT2D eigenvalue weighted by Gasteiger charge is 2.06. The van der Waals surface area contributed by atoms with Crippen LogP contribution in [-0.4, -0.2) is 0 Å². The van der Waals surface area contributed by atoms with E-state index in [1.54, 1.807) is 0 Å². The number of allylic oxidation sites excluding steroid dienone is 1. The summed E-state index contributed by atoms with van der Waals surface area (Å²) >= 11 is 5.77. The van der Waals surface area contributed by atoms with E-state index in [0.717, 1.165) is 4.47 Å². The first-order chi connectivity index (χ1) is 5.65. The van der Waals surface area contributed by atoms with Gasteiger partial charge in [0.15, 0.2) is 0 Å². The van der Waals surface area contributed by atoms with Crippen LogP contribution < -0.4 is 0 Å². The Morgan fingerprint density at radius 2 is 2.25 bits per heavy atom. The van der Waals surface area contributed by atoms with Crippen molar-refractivity contribution in [2.45, 2.75) is 6.92 Å². The molecule has 0 nitrogen and oxygen atoms in total. The van der Waals surface area contributed by atoms with Crippen molar-refractivity contribution < 1.29 is 0 Å². The fraction of sp³-hybridized carbons (Fsp3) is 0.100. The smallest absolute Gasteiger partial charge is 0.0241 e. The fourth-order valence-electron chi connectivity index (χ4n) is 0.910. The molecule has 1 rings (SSSR count). The Kier molecular flexibility index (Phi) is 3.77. The van der Waals surface area contributed by atoms with Gasteiger partial charge in [-0.3, -0.25) is 0 Å². The van der Waals surface area contributed by atoms with Gasteiger partial charge >= 0.3 is 0 Å². The second kappa shape index (κ2) is 4.42. The molecule has 0 aliphatic rings. The molecule has 0 fully saturated rings. The van der Waals surface area contributed by atoms with E-state index in [1.807, 2.05) is 12.1 Å². The fourth-order valence-corrected chi connectivity index (χ4v) is 2.03. The zero-order valence-corrected chi connectivity index (χ0v) is 10.5. The zero-order chi connectivity index (χ0) is 9.14. The van der Waals surface area contributed by atoms with Crippen LogP contribution in [0.4, 0.5) is 0 Å². The molecule has 2 heteroatoms. The maximum Gasteiger partial charge on any atom is 0.0241 e. The summed E-state index contributed by atoms with van der Waals surface area (Å²) in [6.45, 7) is 5.82. The maximum absolute atomic E-state index is 3.75. The normalized spacial score (nSPS) is 10.3. The average molecular weight is 336 g/mol. The summed E-state index contributed by atoms with van der Waals surface area (Å²) in [5, 5.41) is 0. The van der Waals surface area contributed by atoms with Crippen LogP contribution in [0.5, 0.6) is 0 Å². The number of benzene rings is 1. The van der Waals surface area contributed by atoms with Gasteiger partial charge in [-0.25, -0.2) is 0 Å². The van der Waals surface area contributed by atoms with E-state index in [2.05, 4.69) is 64.2 Å². The summed E-state index contributed by atoms with van der Waals surface area (Å²) in [4.78, 5) is 0. The predicted molar refractivity (Wildman–Crippen MR) is 65.1 cm³/mol. The molecule has 0 amide bonds. The van der Waals surface area contributed by atoms with Crippen LogP contribution in [0.1, 0.15) is 12.5 Å². The standard InChI is InChI=1S/C10H9BrI/c1-3-7(2)9-6-8(11)4-5-10(9)12/h3-6H,1H2,2H3. The van der Waals surface area contributed by atoms with Crippen molar-refractivity contribution in [1.82, 2.24) is 0 Å². The number of rotatable bonds is 2. The summed E-state index contributed by atoms with van der Waals surface area (Å²) in [5.41, 5.74) is 1.25. The number of hydrogen-bond donors (Lipinski definition) is 0. The van der Waals surface area contributed by atoms with Crippen LogP contribution in [0.3, 0.4) is 0 Å². The van der Waals surface area contributed by atoms with Crippen LogP contribution in [0, 0.1) is 9.49 Å². The summed E-state index contributed by atoms with van der Waals surface area (Å²) in [6, 6.07) is 6.24. The van der Waals surface area contributed by atoms with Gasteiger partial charge in [0.25, 0.3) is 0 Å². The van der Waals surface area contributed by atoms with E-state index in [1.165, 1.54) is 15.1 Å². The van der Waals surface area contributed by atoms with Crippen molar-refractivity contribution in [3.63, 3.8) is 0 Å². The van der Waals surface area contributed by atoms with Crippen LogP contribution in [0.2, 0.25) is 0 Å². The summed E-state index contributed by atoms with van der Waals surface area (Å²) < 4.78 is 2.37. The van der Waals surface area contributed by atoms with Crippen molar-refractivity contribution in [3.05, 3.63) is 50.4 Å². The molecule has 0 aromatic heterocycles. The third kappa shape index (κ3) is 2.33. The maximum atomic E-state index is 3.75. The minimum absolute atomic E-state index is 1.11. The molecule has 0 N–H and O–H groups in total. The average Bonchev–Trinajstić information content (AvgIpc) is 2.08. The third-order valence-electron chi connectivity index (χ3n) is 1.66. The van der Waals surface area contributed by atoms with E-state index < -0.39 is 0 Å². The van der Waals surface area contributed by atoms with E-state index in [-0.39, 0.29) is 0 Å². The lowest BCUT2D eigenvalue weighted by atomic mass is 10.0. The SMILES string of the molecule is C=C[C](C)c1cc(Br)ccc1I. The molecule has 1 aromatic rings. The Morgan fingerprint density at radius 3 is 2.83 bits per heavy atom. The Balaban J connectivity index is 3.12. The molecule has 0 aliphatic heterocycles. The Bertz CT molecular complexity index is 294. The quantitative estimate of drug-likeness (QED) is 0.711. The molecule has 0 saturated carbocycles. The van der Waals surface area contributed by atoms with E-state index in [4.69, 9.17) is 0 Å². The molecule has 0 spiro atoms. The first-order valence-corrected chi connectivity index (χ1v) is 5.43. The van der Waals surface area contributed by atoms with Crippen LogP contribution >= 0.6 is 38.5 Å². The summed E-state index contributed by atoms with van der Waals surface area (Å²) in [6.07, 6.45) is 1.88. The summed E-state index contributed by atoms with van der Waals surface area (Å²) in [5.74, 6) is 1.21. The molecule has 0 atom stereocenters. The number of hydrogen-bond acceptors (Lipinski definition) is 0. The van der Waals surface area contributed by atoms with Crippen molar-refractivity contribution in [2.24, 2.45) is 0 Å². The lowest BCUT2D eigenvalue weighted by molar-refractivity contribution is 1.23. The van der Waals surface area contributed by atoms with Crippen LogP contribution in [0.25, 0.3) is 0 Å². The first kappa shape index (κ1) is 10.3. The molecule has 0 saturated heterocycles. The van der Waals surface area contributed by atoms with Crippen molar-refractivity contribution in [3.8, 4) is 0 Å². The van der Waals surface area contributed by atoms with Crippen LogP contribution in [-0.2, 0) is 0 Å². The van der Waals surface area contributed by atoms with Gasteiger partial charge in [-0.1, -0.05) is 28.9 Å². The second-order valence-electron chi connectivity index (χ2n) is 2.51. The largest absolute Gasteiger partial charge is 0.102 e. The highest BCUT2D eigenvalue weighted by molar-refractivity contribution is 14.1. The highest BCUT2D eigenvalue weighted by Crippen LogP contribution is 2.25. The first-order valence-electron chi connectivity index (χ1n) is 3.56. The monoisotopic (exact) mass is 335 g/mol. The minimum atomic E-state index is 1.11. The second-order valence-corrected chi connectivity index (χ2v) is 4.59. The van der Waals surface area contributed by atoms with Crippen molar-refractivity contribution >= 4 is 38.5 Å². The number of halogens is 2. The lowest BCUT2D eigenvalue weighted by Crippen LogP contribution is -1.93. The van der Waals surface area contributed by atoms with Gasteiger partial charge in [0, 0.05) is 14.0 Å². The molecular formula is C10H9BrI. The van der Waals surface area contributed by atoms with E-state index in [0.29, 0.717) is 0 Å². The van der Waals surface area contributed by atoms with Gasteiger partial charge in [-0.05, 0) is 46.4 Å². The molecule has 0 unspecified atom stereocenters. The van der Waals surface area contributed by atoms with Gasteiger partial charge in [0.1, 0.15) is 0 Å². The van der Waals surface area contributed by atoms with Gasteiger partial charge in [-0.2, -0.15) is 0 Å². The Hall–Kier alpha value is 0.170.